The summed E-state index contributed by atoms with van der Waals surface area (Å²) < 4.78 is 0. The maximum atomic E-state index is 10.9. The minimum Gasteiger partial charge on any atom is -0.481 e. The Morgan fingerprint density at radius 2 is 2.16 bits per heavy atom. The molecule has 1 fully saturated rings. The second-order valence-electron chi connectivity index (χ2n) is 4.70. The van der Waals surface area contributed by atoms with Gasteiger partial charge in [0.15, 0.2) is 0 Å². The predicted octanol–water partition coefficient (Wildman–Crippen LogP) is 2.66. The van der Waals surface area contributed by atoms with E-state index in [2.05, 4.69) is 10.3 Å². The number of carboxylic acid groups (broad SMARTS) is 1. The van der Waals surface area contributed by atoms with Crippen molar-refractivity contribution in [2.75, 3.05) is 5.32 Å². The molecule has 5 nitrogen and oxygen atoms in total. The zero-order valence-corrected chi connectivity index (χ0v) is 11.0. The van der Waals surface area contributed by atoms with Gasteiger partial charge in [-0.2, -0.15) is 5.26 Å². The summed E-state index contributed by atoms with van der Waals surface area (Å²) in [5.41, 5.74) is 0.421. The van der Waals surface area contributed by atoms with Crippen LogP contribution in [-0.4, -0.2) is 22.1 Å². The quantitative estimate of drug-likeness (QED) is 0.888. The fourth-order valence-corrected chi connectivity index (χ4v) is 2.50. The molecule has 1 aromatic heterocycles. The van der Waals surface area contributed by atoms with Crippen molar-refractivity contribution < 1.29 is 9.90 Å². The average Bonchev–Trinajstić information content (AvgIpc) is 2.41. The summed E-state index contributed by atoms with van der Waals surface area (Å²) in [6, 6.07) is 3.73. The van der Waals surface area contributed by atoms with Crippen molar-refractivity contribution in [3.8, 4) is 6.07 Å². The summed E-state index contributed by atoms with van der Waals surface area (Å²) in [7, 11) is 0. The Labute approximate surface area is 116 Å². The fourth-order valence-electron chi connectivity index (χ4n) is 2.28. The third-order valence-electron chi connectivity index (χ3n) is 3.39. The third-order valence-corrected chi connectivity index (χ3v) is 3.68. The largest absolute Gasteiger partial charge is 0.481 e. The molecule has 0 unspecified atom stereocenters. The molecule has 1 aliphatic carbocycles. The van der Waals surface area contributed by atoms with Crippen LogP contribution in [0, 0.1) is 17.2 Å². The van der Waals surface area contributed by atoms with Crippen molar-refractivity contribution in [1.82, 2.24) is 4.98 Å². The molecule has 19 heavy (non-hydrogen) atoms. The van der Waals surface area contributed by atoms with E-state index in [4.69, 9.17) is 22.0 Å². The Hall–Kier alpha value is -1.80. The Bertz CT molecular complexity index is 519. The van der Waals surface area contributed by atoms with Crippen LogP contribution in [0.5, 0.6) is 0 Å². The predicted molar refractivity (Wildman–Crippen MR) is 71.0 cm³/mol. The monoisotopic (exact) mass is 279 g/mol. The van der Waals surface area contributed by atoms with Crippen LogP contribution in [0.15, 0.2) is 12.3 Å². The van der Waals surface area contributed by atoms with Crippen LogP contribution >= 0.6 is 11.6 Å². The Kier molecular flexibility index (Phi) is 4.23. The van der Waals surface area contributed by atoms with E-state index in [0.717, 1.165) is 12.8 Å². The number of anilines is 1. The highest BCUT2D eigenvalue weighted by molar-refractivity contribution is 6.33. The van der Waals surface area contributed by atoms with Gasteiger partial charge in [-0.3, -0.25) is 4.79 Å². The molecule has 6 heteroatoms. The van der Waals surface area contributed by atoms with Gasteiger partial charge in [0.05, 0.1) is 16.5 Å². The van der Waals surface area contributed by atoms with E-state index < -0.39 is 5.97 Å². The number of nitrogens with one attached hydrogen (secondary N) is 1. The summed E-state index contributed by atoms with van der Waals surface area (Å²) in [6.45, 7) is 0. The van der Waals surface area contributed by atoms with E-state index in [1.807, 2.05) is 6.07 Å². The summed E-state index contributed by atoms with van der Waals surface area (Å²) >= 11 is 6.04. The topological polar surface area (TPSA) is 86.0 Å². The maximum absolute atomic E-state index is 10.9. The Morgan fingerprint density at radius 3 is 2.68 bits per heavy atom. The van der Waals surface area contributed by atoms with Gasteiger partial charge >= 0.3 is 5.97 Å². The molecule has 0 radical (unpaired) electrons. The van der Waals surface area contributed by atoms with E-state index in [1.54, 1.807) is 6.07 Å². The van der Waals surface area contributed by atoms with Gasteiger partial charge in [-0.1, -0.05) is 11.6 Å². The Morgan fingerprint density at radius 1 is 1.47 bits per heavy atom. The lowest BCUT2D eigenvalue weighted by molar-refractivity contribution is -0.142. The van der Waals surface area contributed by atoms with Gasteiger partial charge in [0.1, 0.15) is 11.9 Å². The van der Waals surface area contributed by atoms with Crippen molar-refractivity contribution >= 4 is 23.4 Å². The van der Waals surface area contributed by atoms with Crippen LogP contribution in [0.3, 0.4) is 0 Å². The molecule has 2 rings (SSSR count). The molecule has 100 valence electrons. The van der Waals surface area contributed by atoms with Crippen LogP contribution in [0.25, 0.3) is 0 Å². The number of hydrogen-bond donors (Lipinski definition) is 2. The van der Waals surface area contributed by atoms with Crippen molar-refractivity contribution in [3.63, 3.8) is 0 Å². The molecule has 0 spiro atoms. The van der Waals surface area contributed by atoms with Gasteiger partial charge in [0.2, 0.25) is 0 Å². The van der Waals surface area contributed by atoms with Crippen molar-refractivity contribution in [1.29, 1.82) is 5.26 Å². The van der Waals surface area contributed by atoms with E-state index in [1.165, 1.54) is 6.20 Å². The molecule has 0 amide bonds. The molecule has 1 aliphatic rings. The van der Waals surface area contributed by atoms with Crippen molar-refractivity contribution in [2.24, 2.45) is 5.92 Å². The third kappa shape index (κ3) is 3.36. The summed E-state index contributed by atoms with van der Waals surface area (Å²) in [5.74, 6) is -0.394. The number of nitriles is 1. The standard InChI is InChI=1S/C13H14ClN3O2/c14-11-5-8(6-15)7-16-12(11)17-10-3-1-9(2-4-10)13(18)19/h5,7,9-10H,1-4H2,(H,16,17)(H,18,19). The SMILES string of the molecule is N#Cc1cnc(NC2CCC(C(=O)O)CC2)c(Cl)c1. The number of halogens is 1. The lowest BCUT2D eigenvalue weighted by atomic mass is 9.86. The molecule has 0 aliphatic heterocycles. The molecule has 1 heterocycles. The molecule has 0 bridgehead atoms. The number of nitrogens with zero attached hydrogens (tertiary/aromatic N) is 2. The highest BCUT2D eigenvalue weighted by atomic mass is 35.5. The molecule has 1 saturated carbocycles. The molecule has 2 N–H and O–H groups in total. The first-order chi connectivity index (χ1) is 9.10. The number of rotatable bonds is 3. The first kappa shape index (κ1) is 13.6. The first-order valence-corrected chi connectivity index (χ1v) is 6.53. The van der Waals surface area contributed by atoms with Crippen molar-refractivity contribution in [3.05, 3.63) is 22.8 Å². The van der Waals surface area contributed by atoms with Gasteiger partial charge in [0.25, 0.3) is 0 Å². The molecule has 0 aromatic carbocycles. The summed E-state index contributed by atoms with van der Waals surface area (Å²) in [4.78, 5) is 15.0. The second kappa shape index (κ2) is 5.89. The van der Waals surface area contributed by atoms with Crippen LogP contribution in [0.1, 0.15) is 31.2 Å². The molecular formula is C13H14ClN3O2. The van der Waals surface area contributed by atoms with E-state index in [0.29, 0.717) is 29.2 Å². The highest BCUT2D eigenvalue weighted by Crippen LogP contribution is 2.28. The van der Waals surface area contributed by atoms with Gasteiger partial charge < -0.3 is 10.4 Å². The lowest BCUT2D eigenvalue weighted by Crippen LogP contribution is -2.29. The normalized spacial score (nSPS) is 22.5. The molecule has 0 saturated heterocycles. The zero-order chi connectivity index (χ0) is 13.8. The molecule has 1 aromatic rings. The van der Waals surface area contributed by atoms with Gasteiger partial charge in [-0.15, -0.1) is 0 Å². The summed E-state index contributed by atoms with van der Waals surface area (Å²) in [5, 5.41) is 21.3. The highest BCUT2D eigenvalue weighted by Gasteiger charge is 2.26. The van der Waals surface area contributed by atoms with E-state index >= 15 is 0 Å². The number of aliphatic carboxylic acids is 1. The average molecular weight is 280 g/mol. The number of carboxylic acids is 1. The second-order valence-corrected chi connectivity index (χ2v) is 5.10. The number of carbonyl (C=O) groups is 1. The van der Waals surface area contributed by atoms with Crippen LogP contribution in [0.4, 0.5) is 5.82 Å². The van der Waals surface area contributed by atoms with Crippen LogP contribution in [0.2, 0.25) is 5.02 Å². The smallest absolute Gasteiger partial charge is 0.306 e. The van der Waals surface area contributed by atoms with Crippen molar-refractivity contribution in [2.45, 2.75) is 31.7 Å². The van der Waals surface area contributed by atoms with E-state index in [-0.39, 0.29) is 12.0 Å². The number of pyridine rings is 1. The minimum absolute atomic E-state index is 0.188. The first-order valence-electron chi connectivity index (χ1n) is 6.15. The zero-order valence-electron chi connectivity index (χ0n) is 10.3. The van der Waals surface area contributed by atoms with Gasteiger partial charge in [0, 0.05) is 12.2 Å². The maximum Gasteiger partial charge on any atom is 0.306 e. The van der Waals surface area contributed by atoms with Crippen LogP contribution < -0.4 is 5.32 Å². The van der Waals surface area contributed by atoms with Gasteiger partial charge in [-0.25, -0.2) is 4.98 Å². The lowest BCUT2D eigenvalue weighted by Gasteiger charge is -2.27. The van der Waals surface area contributed by atoms with Crippen LogP contribution in [-0.2, 0) is 4.79 Å². The molecule has 0 atom stereocenters. The number of hydrogen-bond acceptors (Lipinski definition) is 4. The summed E-state index contributed by atoms with van der Waals surface area (Å²) in [6.07, 6.45) is 4.38. The molecular weight excluding hydrogens is 266 g/mol. The fraction of sp³-hybridized carbons (Fsp3) is 0.462. The minimum atomic E-state index is -0.715. The van der Waals surface area contributed by atoms with E-state index in [9.17, 15) is 4.79 Å². The van der Waals surface area contributed by atoms with Gasteiger partial charge in [-0.05, 0) is 31.7 Å². The number of aromatic nitrogens is 1. The Balaban J connectivity index is 1.96.